The Bertz CT molecular complexity index is 994. The quantitative estimate of drug-likeness (QED) is 0.633. The van der Waals surface area contributed by atoms with Crippen molar-refractivity contribution in [2.24, 2.45) is 0 Å². The van der Waals surface area contributed by atoms with Crippen molar-refractivity contribution in [3.8, 4) is 11.3 Å². The lowest BCUT2D eigenvalue weighted by atomic mass is 10.1. The summed E-state index contributed by atoms with van der Waals surface area (Å²) in [4.78, 5) is 26.0. The first-order chi connectivity index (χ1) is 12.5. The second kappa shape index (κ2) is 6.59. The molecule has 1 aliphatic heterocycles. The lowest BCUT2D eigenvalue weighted by Gasteiger charge is -2.13. The molecule has 0 spiro atoms. The van der Waals surface area contributed by atoms with Crippen molar-refractivity contribution in [2.75, 3.05) is 6.54 Å². The van der Waals surface area contributed by atoms with E-state index in [0.29, 0.717) is 27.7 Å². The molecule has 0 N–H and O–H groups in total. The Morgan fingerprint density at radius 1 is 0.846 bits per heavy atom. The fourth-order valence-electron chi connectivity index (χ4n) is 2.94. The van der Waals surface area contributed by atoms with Crippen LogP contribution in [0.3, 0.4) is 0 Å². The van der Waals surface area contributed by atoms with Gasteiger partial charge in [0.05, 0.1) is 33.4 Å². The smallest absolute Gasteiger partial charge is 0.261 e. The number of hydrogen-bond acceptors (Lipinski definition) is 3. The van der Waals surface area contributed by atoms with Gasteiger partial charge < -0.3 is 0 Å². The standard InChI is InChI=1S/C19H13Cl2N3O2/c20-15-6-5-12(11-16(15)21)17-7-8-23(22-17)9-10-24-18(25)13-3-1-2-4-14(13)19(24)26/h1-8,11H,9-10H2. The number of carbonyl (C=O) groups is 2. The van der Waals surface area contributed by atoms with Crippen molar-refractivity contribution in [3.63, 3.8) is 0 Å². The zero-order valence-corrected chi connectivity index (χ0v) is 15.0. The fourth-order valence-corrected chi connectivity index (χ4v) is 3.24. The maximum atomic E-state index is 12.4. The number of amides is 2. The van der Waals surface area contributed by atoms with Crippen molar-refractivity contribution >= 4 is 35.0 Å². The number of benzene rings is 2. The molecular formula is C19H13Cl2N3O2. The third kappa shape index (κ3) is 2.89. The van der Waals surface area contributed by atoms with E-state index in [2.05, 4.69) is 5.10 Å². The van der Waals surface area contributed by atoms with Gasteiger partial charge in [0.2, 0.25) is 0 Å². The number of imide groups is 1. The molecule has 7 heteroatoms. The van der Waals surface area contributed by atoms with Gasteiger partial charge >= 0.3 is 0 Å². The maximum Gasteiger partial charge on any atom is 0.261 e. The molecule has 5 nitrogen and oxygen atoms in total. The van der Waals surface area contributed by atoms with Gasteiger partial charge in [-0.05, 0) is 30.3 Å². The summed E-state index contributed by atoms with van der Waals surface area (Å²) in [7, 11) is 0. The zero-order chi connectivity index (χ0) is 18.3. The molecule has 0 aliphatic carbocycles. The number of aromatic nitrogens is 2. The van der Waals surface area contributed by atoms with E-state index in [1.54, 1.807) is 47.3 Å². The summed E-state index contributed by atoms with van der Waals surface area (Å²) in [5.41, 5.74) is 2.49. The van der Waals surface area contributed by atoms with E-state index < -0.39 is 0 Å². The van der Waals surface area contributed by atoms with Gasteiger partial charge in [-0.25, -0.2) is 0 Å². The summed E-state index contributed by atoms with van der Waals surface area (Å²) in [5.74, 6) is -0.523. The fraction of sp³-hybridized carbons (Fsp3) is 0.105. The van der Waals surface area contributed by atoms with Crippen molar-refractivity contribution < 1.29 is 9.59 Å². The third-order valence-corrected chi connectivity index (χ3v) is 5.03. The molecule has 1 aliphatic rings. The molecule has 0 atom stereocenters. The zero-order valence-electron chi connectivity index (χ0n) is 13.5. The normalized spacial score (nSPS) is 13.4. The van der Waals surface area contributed by atoms with Gasteiger partial charge in [0.1, 0.15) is 0 Å². The Hall–Kier alpha value is -2.63. The highest BCUT2D eigenvalue weighted by atomic mass is 35.5. The molecule has 4 rings (SSSR count). The van der Waals surface area contributed by atoms with Crippen LogP contribution < -0.4 is 0 Å². The molecule has 3 aromatic rings. The van der Waals surface area contributed by atoms with E-state index in [4.69, 9.17) is 23.2 Å². The van der Waals surface area contributed by atoms with Crippen LogP contribution >= 0.6 is 23.2 Å². The van der Waals surface area contributed by atoms with Gasteiger partial charge in [-0.15, -0.1) is 0 Å². The van der Waals surface area contributed by atoms with Crippen LogP contribution in [0.4, 0.5) is 0 Å². The first-order valence-electron chi connectivity index (χ1n) is 7.99. The first kappa shape index (κ1) is 16.8. The van der Waals surface area contributed by atoms with Crippen molar-refractivity contribution in [1.29, 1.82) is 0 Å². The van der Waals surface area contributed by atoms with Crippen molar-refractivity contribution in [2.45, 2.75) is 6.54 Å². The predicted octanol–water partition coefficient (Wildman–Crippen LogP) is 4.15. The third-order valence-electron chi connectivity index (χ3n) is 4.29. The van der Waals surface area contributed by atoms with Gasteiger partial charge in [-0.2, -0.15) is 5.10 Å². The molecular weight excluding hydrogens is 373 g/mol. The minimum absolute atomic E-state index is 0.259. The Kier molecular flexibility index (Phi) is 4.26. The Morgan fingerprint density at radius 2 is 1.54 bits per heavy atom. The summed E-state index contributed by atoms with van der Waals surface area (Å²) in [6.45, 7) is 0.668. The van der Waals surface area contributed by atoms with E-state index >= 15 is 0 Å². The largest absolute Gasteiger partial charge is 0.272 e. The number of hydrogen-bond donors (Lipinski definition) is 0. The highest BCUT2D eigenvalue weighted by Crippen LogP contribution is 2.27. The molecule has 1 aromatic heterocycles. The number of carbonyl (C=O) groups excluding carboxylic acids is 2. The van der Waals surface area contributed by atoms with Gasteiger partial charge in [-0.3, -0.25) is 19.2 Å². The van der Waals surface area contributed by atoms with Crippen LogP contribution in [0.25, 0.3) is 11.3 Å². The highest BCUT2D eigenvalue weighted by Gasteiger charge is 2.34. The highest BCUT2D eigenvalue weighted by molar-refractivity contribution is 6.42. The summed E-state index contributed by atoms with van der Waals surface area (Å²) < 4.78 is 1.70. The van der Waals surface area contributed by atoms with E-state index in [1.807, 2.05) is 12.1 Å². The van der Waals surface area contributed by atoms with Crippen LogP contribution in [0.2, 0.25) is 10.0 Å². The van der Waals surface area contributed by atoms with Gasteiger partial charge in [0, 0.05) is 18.3 Å². The lowest BCUT2D eigenvalue weighted by molar-refractivity contribution is 0.0647. The van der Waals surface area contributed by atoms with Crippen LogP contribution in [0.15, 0.2) is 54.7 Å². The molecule has 2 heterocycles. The molecule has 0 bridgehead atoms. The van der Waals surface area contributed by atoms with Crippen LogP contribution in [-0.4, -0.2) is 33.0 Å². The Balaban J connectivity index is 1.48. The predicted molar refractivity (Wildman–Crippen MR) is 99.5 cm³/mol. The summed E-state index contributed by atoms with van der Waals surface area (Å²) >= 11 is 12.0. The number of rotatable bonds is 4. The average Bonchev–Trinajstić information content (AvgIpc) is 3.21. The first-order valence-corrected chi connectivity index (χ1v) is 8.74. The van der Waals surface area contributed by atoms with E-state index in [0.717, 1.165) is 11.3 Å². The number of nitrogens with zero attached hydrogens (tertiary/aromatic N) is 3. The topological polar surface area (TPSA) is 55.2 Å². The van der Waals surface area contributed by atoms with Crippen LogP contribution in [-0.2, 0) is 6.54 Å². The number of halogens is 2. The SMILES string of the molecule is O=C1c2ccccc2C(=O)N1CCn1ccc(-c2ccc(Cl)c(Cl)c2)n1. The lowest BCUT2D eigenvalue weighted by Crippen LogP contribution is -2.33. The molecule has 2 aromatic carbocycles. The van der Waals surface area contributed by atoms with Gasteiger partial charge in [0.15, 0.2) is 0 Å². The second-order valence-electron chi connectivity index (χ2n) is 5.90. The summed E-state index contributed by atoms with van der Waals surface area (Å²) in [6, 6.07) is 14.0. The molecule has 0 fully saturated rings. The van der Waals surface area contributed by atoms with Crippen LogP contribution in [0.1, 0.15) is 20.7 Å². The molecule has 0 unspecified atom stereocenters. The minimum atomic E-state index is -0.262. The molecule has 0 saturated heterocycles. The molecule has 130 valence electrons. The summed E-state index contributed by atoms with van der Waals surface area (Å²) in [6.07, 6.45) is 1.80. The van der Waals surface area contributed by atoms with Crippen LogP contribution in [0, 0.1) is 0 Å². The molecule has 0 saturated carbocycles. The van der Waals surface area contributed by atoms with E-state index in [1.165, 1.54) is 4.90 Å². The number of fused-ring (bicyclic) bond motifs is 1. The molecule has 26 heavy (non-hydrogen) atoms. The Morgan fingerprint density at radius 3 is 2.19 bits per heavy atom. The van der Waals surface area contributed by atoms with Gasteiger partial charge in [0.25, 0.3) is 11.8 Å². The molecule has 2 amide bonds. The van der Waals surface area contributed by atoms with Gasteiger partial charge in [-0.1, -0.05) is 41.4 Å². The summed E-state index contributed by atoms with van der Waals surface area (Å²) in [5, 5.41) is 5.43. The van der Waals surface area contributed by atoms with Crippen molar-refractivity contribution in [3.05, 3.63) is 75.9 Å². The monoisotopic (exact) mass is 385 g/mol. The van der Waals surface area contributed by atoms with Crippen LogP contribution in [0.5, 0.6) is 0 Å². The maximum absolute atomic E-state index is 12.4. The molecule has 0 radical (unpaired) electrons. The van der Waals surface area contributed by atoms with E-state index in [-0.39, 0.29) is 18.4 Å². The Labute approximate surface area is 159 Å². The minimum Gasteiger partial charge on any atom is -0.272 e. The van der Waals surface area contributed by atoms with Crippen molar-refractivity contribution in [1.82, 2.24) is 14.7 Å². The second-order valence-corrected chi connectivity index (χ2v) is 6.71. The average molecular weight is 386 g/mol. The van der Waals surface area contributed by atoms with E-state index in [9.17, 15) is 9.59 Å².